The summed E-state index contributed by atoms with van der Waals surface area (Å²) in [5, 5.41) is 8.16. The van der Waals surface area contributed by atoms with Crippen LogP contribution in [0.1, 0.15) is 11.5 Å². The standard InChI is InChI=1S/C9H10ClN3O/c1-6-3-8(11-13(6)2)9-4-7(5-10)14-12-9/h3-4H,5H2,1-2H3. The van der Waals surface area contributed by atoms with Crippen molar-refractivity contribution in [3.63, 3.8) is 0 Å². The first-order valence-corrected chi connectivity index (χ1v) is 4.76. The Morgan fingerprint density at radius 3 is 2.71 bits per heavy atom. The van der Waals surface area contributed by atoms with E-state index in [-0.39, 0.29) is 0 Å². The quantitative estimate of drug-likeness (QED) is 0.715. The summed E-state index contributed by atoms with van der Waals surface area (Å²) in [4.78, 5) is 0. The molecule has 0 aliphatic heterocycles. The zero-order valence-corrected chi connectivity index (χ0v) is 8.75. The van der Waals surface area contributed by atoms with Crippen molar-refractivity contribution < 1.29 is 4.52 Å². The number of alkyl halides is 1. The second-order valence-corrected chi connectivity index (χ2v) is 3.37. The van der Waals surface area contributed by atoms with Crippen molar-refractivity contribution >= 4 is 11.6 Å². The van der Waals surface area contributed by atoms with Gasteiger partial charge in [-0.25, -0.2) is 0 Å². The molecule has 0 N–H and O–H groups in total. The van der Waals surface area contributed by atoms with Crippen LogP contribution >= 0.6 is 11.6 Å². The number of hydrogen-bond acceptors (Lipinski definition) is 3. The molecule has 2 heterocycles. The first-order valence-electron chi connectivity index (χ1n) is 4.23. The molecular formula is C9H10ClN3O. The van der Waals surface area contributed by atoms with Gasteiger partial charge in [-0.15, -0.1) is 11.6 Å². The largest absolute Gasteiger partial charge is 0.359 e. The Morgan fingerprint density at radius 2 is 2.21 bits per heavy atom. The number of aryl methyl sites for hydroxylation is 2. The van der Waals surface area contributed by atoms with Gasteiger partial charge < -0.3 is 4.52 Å². The number of halogens is 1. The third kappa shape index (κ3) is 1.53. The second-order valence-electron chi connectivity index (χ2n) is 3.11. The molecule has 0 unspecified atom stereocenters. The molecule has 2 aromatic heterocycles. The number of hydrogen-bond donors (Lipinski definition) is 0. The topological polar surface area (TPSA) is 43.9 Å². The molecular weight excluding hydrogens is 202 g/mol. The molecule has 0 bridgehead atoms. The molecule has 4 nitrogen and oxygen atoms in total. The van der Waals surface area contributed by atoms with Crippen LogP contribution in [0, 0.1) is 6.92 Å². The van der Waals surface area contributed by atoms with E-state index < -0.39 is 0 Å². The minimum atomic E-state index is 0.332. The predicted molar refractivity (Wildman–Crippen MR) is 53.0 cm³/mol. The van der Waals surface area contributed by atoms with E-state index in [0.29, 0.717) is 11.6 Å². The summed E-state index contributed by atoms with van der Waals surface area (Å²) in [6.07, 6.45) is 0. The SMILES string of the molecule is Cc1cc(-c2cc(CCl)on2)nn1C. The minimum absolute atomic E-state index is 0.332. The first kappa shape index (κ1) is 9.27. The van der Waals surface area contributed by atoms with E-state index in [9.17, 15) is 0 Å². The van der Waals surface area contributed by atoms with Crippen molar-refractivity contribution in [3.05, 3.63) is 23.6 Å². The molecule has 0 spiro atoms. The van der Waals surface area contributed by atoms with Gasteiger partial charge in [-0.1, -0.05) is 5.16 Å². The predicted octanol–water partition coefficient (Wildman–Crippen LogP) is 2.12. The van der Waals surface area contributed by atoms with Crippen LogP contribution in [0.25, 0.3) is 11.4 Å². The normalized spacial score (nSPS) is 10.8. The first-order chi connectivity index (χ1) is 6.70. The van der Waals surface area contributed by atoms with Gasteiger partial charge in [0.2, 0.25) is 0 Å². The summed E-state index contributed by atoms with van der Waals surface area (Å²) < 4.78 is 6.78. The molecule has 0 atom stereocenters. The molecule has 14 heavy (non-hydrogen) atoms. The van der Waals surface area contributed by atoms with Crippen LogP contribution in [0.2, 0.25) is 0 Å². The van der Waals surface area contributed by atoms with E-state index >= 15 is 0 Å². The van der Waals surface area contributed by atoms with E-state index in [1.165, 1.54) is 0 Å². The van der Waals surface area contributed by atoms with Crippen molar-refractivity contribution in [2.75, 3.05) is 0 Å². The van der Waals surface area contributed by atoms with Crippen LogP contribution in [0.3, 0.4) is 0 Å². The van der Waals surface area contributed by atoms with Gasteiger partial charge in [-0.2, -0.15) is 5.10 Å². The highest BCUT2D eigenvalue weighted by Crippen LogP contribution is 2.18. The highest BCUT2D eigenvalue weighted by atomic mass is 35.5. The van der Waals surface area contributed by atoms with Crippen molar-refractivity contribution in [1.29, 1.82) is 0 Å². The molecule has 2 aromatic rings. The lowest BCUT2D eigenvalue weighted by atomic mass is 10.3. The maximum absolute atomic E-state index is 5.60. The van der Waals surface area contributed by atoms with Gasteiger partial charge in [0.15, 0.2) is 5.76 Å². The fourth-order valence-corrected chi connectivity index (χ4v) is 1.31. The van der Waals surface area contributed by atoms with E-state index in [1.807, 2.05) is 20.0 Å². The summed E-state index contributed by atoms with van der Waals surface area (Å²) in [6.45, 7) is 1.99. The van der Waals surface area contributed by atoms with Gasteiger partial charge >= 0.3 is 0 Å². The molecule has 0 aromatic carbocycles. The summed E-state index contributed by atoms with van der Waals surface area (Å²) in [5.74, 6) is 0.990. The lowest BCUT2D eigenvalue weighted by molar-refractivity contribution is 0.396. The summed E-state index contributed by atoms with van der Waals surface area (Å²) in [7, 11) is 1.89. The van der Waals surface area contributed by atoms with Crippen LogP contribution in [0.4, 0.5) is 0 Å². The van der Waals surface area contributed by atoms with Crippen molar-refractivity contribution in [3.8, 4) is 11.4 Å². The van der Waals surface area contributed by atoms with Crippen LogP contribution in [-0.2, 0) is 12.9 Å². The minimum Gasteiger partial charge on any atom is -0.359 e. The molecule has 0 fully saturated rings. The van der Waals surface area contributed by atoms with Crippen LogP contribution in [0.15, 0.2) is 16.7 Å². The molecule has 0 aliphatic rings. The van der Waals surface area contributed by atoms with Gasteiger partial charge in [-0.05, 0) is 13.0 Å². The monoisotopic (exact) mass is 211 g/mol. The number of nitrogens with zero attached hydrogens (tertiary/aromatic N) is 3. The zero-order valence-electron chi connectivity index (χ0n) is 7.99. The van der Waals surface area contributed by atoms with E-state index in [2.05, 4.69) is 10.3 Å². The van der Waals surface area contributed by atoms with Crippen molar-refractivity contribution in [2.24, 2.45) is 7.05 Å². The Morgan fingerprint density at radius 1 is 1.43 bits per heavy atom. The van der Waals surface area contributed by atoms with Gasteiger partial charge in [0, 0.05) is 18.8 Å². The van der Waals surface area contributed by atoms with Gasteiger partial charge in [0.25, 0.3) is 0 Å². The molecule has 0 saturated carbocycles. The third-order valence-electron chi connectivity index (χ3n) is 2.07. The zero-order chi connectivity index (χ0) is 10.1. The smallest absolute Gasteiger partial charge is 0.152 e. The molecule has 0 radical (unpaired) electrons. The van der Waals surface area contributed by atoms with Gasteiger partial charge in [-0.3, -0.25) is 4.68 Å². The average Bonchev–Trinajstić information content (AvgIpc) is 2.74. The Labute approximate surface area is 86.5 Å². The molecule has 0 saturated heterocycles. The molecule has 74 valence electrons. The summed E-state index contributed by atoms with van der Waals surface area (Å²) >= 11 is 5.60. The molecule has 0 amide bonds. The highest BCUT2D eigenvalue weighted by molar-refractivity contribution is 6.16. The number of rotatable bonds is 2. The van der Waals surface area contributed by atoms with Gasteiger partial charge in [0.05, 0.1) is 5.88 Å². The van der Waals surface area contributed by atoms with Crippen molar-refractivity contribution in [2.45, 2.75) is 12.8 Å². The van der Waals surface area contributed by atoms with E-state index in [0.717, 1.165) is 17.1 Å². The van der Waals surface area contributed by atoms with Crippen molar-refractivity contribution in [1.82, 2.24) is 14.9 Å². The maximum Gasteiger partial charge on any atom is 0.152 e. The fraction of sp³-hybridized carbons (Fsp3) is 0.333. The second kappa shape index (κ2) is 3.46. The van der Waals surface area contributed by atoms with Gasteiger partial charge in [0.1, 0.15) is 11.4 Å². The van der Waals surface area contributed by atoms with Crippen LogP contribution < -0.4 is 0 Å². The van der Waals surface area contributed by atoms with E-state index in [4.69, 9.17) is 16.1 Å². The molecule has 0 aliphatic carbocycles. The fourth-order valence-electron chi connectivity index (χ4n) is 1.18. The summed E-state index contributed by atoms with van der Waals surface area (Å²) in [5.41, 5.74) is 2.62. The van der Waals surface area contributed by atoms with Crippen LogP contribution in [-0.4, -0.2) is 14.9 Å². The Bertz CT molecular complexity index is 427. The Hall–Kier alpha value is -1.29. The van der Waals surface area contributed by atoms with E-state index in [1.54, 1.807) is 10.7 Å². The Kier molecular flexibility index (Phi) is 2.29. The highest BCUT2D eigenvalue weighted by Gasteiger charge is 2.09. The summed E-state index contributed by atoms with van der Waals surface area (Å²) in [6, 6.07) is 3.75. The Balaban J connectivity index is 2.39. The molecule has 2 rings (SSSR count). The lowest BCUT2D eigenvalue weighted by Crippen LogP contribution is -1.92. The molecule has 5 heteroatoms. The average molecular weight is 212 g/mol. The lowest BCUT2D eigenvalue weighted by Gasteiger charge is -1.88. The third-order valence-corrected chi connectivity index (χ3v) is 2.33. The van der Waals surface area contributed by atoms with Crippen LogP contribution in [0.5, 0.6) is 0 Å². The maximum atomic E-state index is 5.60. The number of aromatic nitrogens is 3.